The quantitative estimate of drug-likeness (QED) is 0.623. The molecule has 6 heteroatoms. The molecule has 0 amide bonds. The van der Waals surface area contributed by atoms with E-state index in [0.717, 1.165) is 23.9 Å². The number of hydrogen-bond donors (Lipinski definition) is 0. The van der Waals surface area contributed by atoms with Gasteiger partial charge in [-0.25, -0.2) is 8.78 Å². The van der Waals surface area contributed by atoms with Crippen molar-refractivity contribution in [1.29, 1.82) is 0 Å². The molecule has 0 spiro atoms. The average molecular weight is 267 g/mol. The van der Waals surface area contributed by atoms with E-state index < -0.39 is 16.6 Å². The van der Waals surface area contributed by atoms with Crippen LogP contribution in [0.5, 0.6) is 0 Å². The van der Waals surface area contributed by atoms with E-state index in [1.54, 1.807) is 6.07 Å². The van der Waals surface area contributed by atoms with Gasteiger partial charge in [0, 0.05) is 17.0 Å². The van der Waals surface area contributed by atoms with E-state index in [-0.39, 0.29) is 10.6 Å². The highest BCUT2D eigenvalue weighted by Gasteiger charge is 2.15. The lowest BCUT2D eigenvalue weighted by atomic mass is 10.3. The van der Waals surface area contributed by atoms with Crippen LogP contribution in [0.25, 0.3) is 0 Å². The van der Waals surface area contributed by atoms with Gasteiger partial charge >= 0.3 is 0 Å². The SMILES string of the molecule is O=[N+]([O-])c1ccccc1Sc1ccc(F)cc1F. The van der Waals surface area contributed by atoms with Gasteiger partial charge in [0.15, 0.2) is 0 Å². The Labute approximate surface area is 106 Å². The van der Waals surface area contributed by atoms with Crippen LogP contribution in [-0.4, -0.2) is 4.92 Å². The highest BCUT2D eigenvalue weighted by Crippen LogP contribution is 2.35. The van der Waals surface area contributed by atoms with Crippen LogP contribution in [0.2, 0.25) is 0 Å². The van der Waals surface area contributed by atoms with Gasteiger partial charge in [-0.05, 0) is 18.2 Å². The summed E-state index contributed by atoms with van der Waals surface area (Å²) in [6, 6.07) is 9.12. The standard InChI is InChI=1S/C12H7F2NO2S/c13-8-5-6-11(9(14)7-8)18-12-4-2-1-3-10(12)15(16)17/h1-7H. The van der Waals surface area contributed by atoms with Gasteiger partial charge in [0.05, 0.1) is 9.82 Å². The Hall–Kier alpha value is -1.95. The van der Waals surface area contributed by atoms with E-state index in [4.69, 9.17) is 0 Å². The minimum atomic E-state index is -0.738. The zero-order valence-electron chi connectivity index (χ0n) is 8.97. The lowest BCUT2D eigenvalue weighted by Gasteiger charge is -2.03. The predicted molar refractivity (Wildman–Crippen MR) is 63.6 cm³/mol. The van der Waals surface area contributed by atoms with Crippen LogP contribution in [-0.2, 0) is 0 Å². The van der Waals surface area contributed by atoms with Gasteiger partial charge in [0.25, 0.3) is 5.69 Å². The molecule has 0 bridgehead atoms. The zero-order valence-corrected chi connectivity index (χ0v) is 9.79. The first-order valence-corrected chi connectivity index (χ1v) is 5.76. The fraction of sp³-hybridized carbons (Fsp3) is 0. The summed E-state index contributed by atoms with van der Waals surface area (Å²) in [6.45, 7) is 0. The number of para-hydroxylation sites is 1. The normalized spacial score (nSPS) is 10.3. The van der Waals surface area contributed by atoms with Gasteiger partial charge in [-0.1, -0.05) is 23.9 Å². The molecule has 0 aromatic heterocycles. The lowest BCUT2D eigenvalue weighted by molar-refractivity contribution is -0.387. The molecule has 0 unspecified atom stereocenters. The molecule has 0 atom stereocenters. The molecule has 2 aromatic rings. The summed E-state index contributed by atoms with van der Waals surface area (Å²) in [5, 5.41) is 10.8. The van der Waals surface area contributed by atoms with Crippen LogP contribution in [0.1, 0.15) is 0 Å². The van der Waals surface area contributed by atoms with Crippen LogP contribution in [0.4, 0.5) is 14.5 Å². The van der Waals surface area contributed by atoms with Crippen molar-refractivity contribution in [3.63, 3.8) is 0 Å². The van der Waals surface area contributed by atoms with Gasteiger partial charge in [-0.3, -0.25) is 10.1 Å². The first-order valence-electron chi connectivity index (χ1n) is 4.94. The Kier molecular flexibility index (Phi) is 3.57. The van der Waals surface area contributed by atoms with Crippen molar-refractivity contribution in [2.75, 3.05) is 0 Å². The Balaban J connectivity index is 2.37. The van der Waals surface area contributed by atoms with Gasteiger partial charge in [-0.15, -0.1) is 0 Å². The first-order chi connectivity index (χ1) is 8.58. The van der Waals surface area contributed by atoms with Crippen molar-refractivity contribution < 1.29 is 13.7 Å². The molecule has 0 heterocycles. The largest absolute Gasteiger partial charge is 0.283 e. The van der Waals surface area contributed by atoms with Crippen LogP contribution in [0, 0.1) is 21.7 Å². The summed E-state index contributed by atoms with van der Waals surface area (Å²) in [4.78, 5) is 10.7. The number of nitrogens with zero attached hydrogens (tertiary/aromatic N) is 1. The zero-order chi connectivity index (χ0) is 13.1. The predicted octanol–water partition coefficient (Wildman–Crippen LogP) is 4.02. The number of halogens is 2. The number of nitro benzene ring substituents is 1. The van der Waals surface area contributed by atoms with Gasteiger partial charge in [0.2, 0.25) is 0 Å². The first kappa shape index (κ1) is 12.5. The Morgan fingerprint density at radius 2 is 1.78 bits per heavy atom. The fourth-order valence-electron chi connectivity index (χ4n) is 1.37. The molecule has 0 N–H and O–H groups in total. The number of rotatable bonds is 3. The molecule has 0 aliphatic carbocycles. The Morgan fingerprint density at radius 3 is 2.44 bits per heavy atom. The molecular weight excluding hydrogens is 260 g/mol. The van der Waals surface area contributed by atoms with Crippen LogP contribution in [0.3, 0.4) is 0 Å². The number of hydrogen-bond acceptors (Lipinski definition) is 3. The molecular formula is C12H7F2NO2S. The second-order valence-electron chi connectivity index (χ2n) is 3.40. The third-order valence-corrected chi connectivity index (χ3v) is 3.29. The topological polar surface area (TPSA) is 43.1 Å². The summed E-state index contributed by atoms with van der Waals surface area (Å²) < 4.78 is 26.2. The molecule has 0 fully saturated rings. The van der Waals surface area contributed by atoms with E-state index in [1.165, 1.54) is 24.3 Å². The van der Waals surface area contributed by atoms with Gasteiger partial charge in [0.1, 0.15) is 11.6 Å². The third kappa shape index (κ3) is 2.65. The molecule has 0 aliphatic rings. The average Bonchev–Trinajstić information content (AvgIpc) is 2.33. The van der Waals surface area contributed by atoms with Crippen molar-refractivity contribution in [2.45, 2.75) is 9.79 Å². The second kappa shape index (κ2) is 5.14. The maximum absolute atomic E-state index is 13.4. The highest BCUT2D eigenvalue weighted by molar-refractivity contribution is 7.99. The highest BCUT2D eigenvalue weighted by atomic mass is 32.2. The molecule has 0 saturated heterocycles. The smallest absolute Gasteiger partial charge is 0.258 e. The summed E-state index contributed by atoms with van der Waals surface area (Å²) >= 11 is 0.895. The molecule has 92 valence electrons. The molecule has 3 nitrogen and oxygen atoms in total. The van der Waals surface area contributed by atoms with Crippen molar-refractivity contribution in [2.24, 2.45) is 0 Å². The minimum absolute atomic E-state index is 0.105. The lowest BCUT2D eigenvalue weighted by Crippen LogP contribution is -1.91. The van der Waals surface area contributed by atoms with Crippen molar-refractivity contribution in [3.8, 4) is 0 Å². The Bertz CT molecular complexity index is 604. The van der Waals surface area contributed by atoms with Gasteiger partial charge in [-0.2, -0.15) is 0 Å². The monoisotopic (exact) mass is 267 g/mol. The van der Waals surface area contributed by atoms with Crippen molar-refractivity contribution in [1.82, 2.24) is 0 Å². The van der Waals surface area contributed by atoms with Gasteiger partial charge < -0.3 is 0 Å². The van der Waals surface area contributed by atoms with E-state index in [2.05, 4.69) is 0 Å². The molecule has 0 radical (unpaired) electrons. The summed E-state index contributed by atoms with van der Waals surface area (Å²) in [5.41, 5.74) is -0.105. The summed E-state index contributed by atoms with van der Waals surface area (Å²) in [6.07, 6.45) is 0. The second-order valence-corrected chi connectivity index (χ2v) is 4.49. The molecule has 2 aromatic carbocycles. The van der Waals surface area contributed by atoms with E-state index in [0.29, 0.717) is 4.90 Å². The van der Waals surface area contributed by atoms with E-state index in [9.17, 15) is 18.9 Å². The van der Waals surface area contributed by atoms with E-state index >= 15 is 0 Å². The maximum Gasteiger partial charge on any atom is 0.283 e. The van der Waals surface area contributed by atoms with Crippen LogP contribution >= 0.6 is 11.8 Å². The number of benzene rings is 2. The van der Waals surface area contributed by atoms with Crippen molar-refractivity contribution >= 4 is 17.4 Å². The fourth-order valence-corrected chi connectivity index (χ4v) is 2.29. The molecule has 18 heavy (non-hydrogen) atoms. The molecule has 0 aliphatic heterocycles. The van der Waals surface area contributed by atoms with Crippen molar-refractivity contribution in [3.05, 3.63) is 64.2 Å². The number of nitro groups is 1. The summed E-state index contributed by atoms with van der Waals surface area (Å²) in [7, 11) is 0. The molecule has 0 saturated carbocycles. The van der Waals surface area contributed by atoms with E-state index in [1.807, 2.05) is 0 Å². The van der Waals surface area contributed by atoms with Crippen LogP contribution in [0.15, 0.2) is 52.3 Å². The minimum Gasteiger partial charge on any atom is -0.258 e. The summed E-state index contributed by atoms with van der Waals surface area (Å²) in [5.74, 6) is -1.42. The van der Waals surface area contributed by atoms with Crippen LogP contribution < -0.4 is 0 Å². The Morgan fingerprint density at radius 1 is 1.06 bits per heavy atom. The third-order valence-electron chi connectivity index (χ3n) is 2.18. The maximum atomic E-state index is 13.4. The molecule has 2 rings (SSSR count).